The maximum absolute atomic E-state index is 13.7. The molecule has 0 fully saturated rings. The van der Waals surface area contributed by atoms with Gasteiger partial charge >= 0.3 is 0 Å². The van der Waals surface area contributed by atoms with Gasteiger partial charge in [0.05, 0.1) is 18.7 Å². The smallest absolute Gasteiger partial charge is 0.228 e. The molecule has 8 heteroatoms. The van der Waals surface area contributed by atoms with Crippen LogP contribution in [0.15, 0.2) is 60.9 Å². The predicted octanol–water partition coefficient (Wildman–Crippen LogP) is 3.26. The monoisotopic (exact) mass is 409 g/mol. The summed E-state index contributed by atoms with van der Waals surface area (Å²) in [5, 5.41) is 13.3. The summed E-state index contributed by atoms with van der Waals surface area (Å²) < 4.78 is 15.4. The number of hydrogen-bond acceptors (Lipinski definition) is 4. The van der Waals surface area contributed by atoms with Gasteiger partial charge in [-0.1, -0.05) is 35.5 Å². The van der Waals surface area contributed by atoms with E-state index in [2.05, 4.69) is 20.9 Å². The second-order valence-corrected chi connectivity index (χ2v) is 7.00. The highest BCUT2D eigenvalue weighted by molar-refractivity contribution is 5.92. The fourth-order valence-electron chi connectivity index (χ4n) is 3.06. The summed E-state index contributed by atoms with van der Waals surface area (Å²) in [5.41, 5.74) is 1.81. The van der Waals surface area contributed by atoms with Crippen molar-refractivity contribution in [1.82, 2.24) is 20.3 Å². The Morgan fingerprint density at radius 2 is 1.97 bits per heavy atom. The average Bonchev–Trinajstić information content (AvgIpc) is 3.23. The lowest BCUT2D eigenvalue weighted by Crippen LogP contribution is -2.26. The number of amides is 2. The molecule has 7 nitrogen and oxygen atoms in total. The molecule has 2 N–H and O–H groups in total. The molecule has 3 aromatic rings. The fraction of sp³-hybridized carbons (Fsp3) is 0.273. The summed E-state index contributed by atoms with van der Waals surface area (Å²) >= 11 is 0. The summed E-state index contributed by atoms with van der Waals surface area (Å²) in [5.74, 6) is -0.764. The van der Waals surface area contributed by atoms with Crippen molar-refractivity contribution in [3.63, 3.8) is 0 Å². The van der Waals surface area contributed by atoms with Crippen LogP contribution in [0.3, 0.4) is 0 Å². The van der Waals surface area contributed by atoms with Crippen LogP contribution in [0.5, 0.6) is 0 Å². The lowest BCUT2D eigenvalue weighted by Gasteiger charge is -2.16. The first-order valence-corrected chi connectivity index (χ1v) is 9.78. The number of nitrogens with zero attached hydrogens (tertiary/aromatic N) is 3. The summed E-state index contributed by atoms with van der Waals surface area (Å²) in [6.45, 7) is 2.51. The Bertz CT molecular complexity index is 991. The Morgan fingerprint density at radius 1 is 1.13 bits per heavy atom. The summed E-state index contributed by atoms with van der Waals surface area (Å²) in [7, 11) is 0. The SMILES string of the molecule is CC(NC(=O)CCCn1ccnn1)c1cccc(NC(=O)Cc2ccccc2F)c1. The molecule has 0 saturated heterocycles. The third-order valence-corrected chi connectivity index (χ3v) is 4.62. The van der Waals surface area contributed by atoms with Crippen LogP contribution in [0.25, 0.3) is 0 Å². The van der Waals surface area contributed by atoms with Gasteiger partial charge in [-0.15, -0.1) is 5.10 Å². The van der Waals surface area contributed by atoms with Crippen molar-refractivity contribution in [2.24, 2.45) is 0 Å². The molecule has 0 bridgehead atoms. The van der Waals surface area contributed by atoms with E-state index in [9.17, 15) is 14.0 Å². The number of anilines is 1. The summed E-state index contributed by atoms with van der Waals surface area (Å²) in [6.07, 6.45) is 4.35. The first-order valence-electron chi connectivity index (χ1n) is 9.78. The van der Waals surface area contributed by atoms with E-state index in [0.29, 0.717) is 30.6 Å². The molecule has 0 radical (unpaired) electrons. The largest absolute Gasteiger partial charge is 0.350 e. The average molecular weight is 409 g/mol. The molecule has 0 aliphatic rings. The van der Waals surface area contributed by atoms with Gasteiger partial charge < -0.3 is 10.6 Å². The van der Waals surface area contributed by atoms with Gasteiger partial charge in [0.25, 0.3) is 0 Å². The van der Waals surface area contributed by atoms with Gasteiger partial charge in [-0.2, -0.15) is 0 Å². The summed E-state index contributed by atoms with van der Waals surface area (Å²) in [6, 6.07) is 13.2. The van der Waals surface area contributed by atoms with E-state index < -0.39 is 5.82 Å². The molecule has 156 valence electrons. The number of aryl methyl sites for hydroxylation is 1. The lowest BCUT2D eigenvalue weighted by molar-refractivity contribution is -0.122. The number of nitrogens with one attached hydrogen (secondary N) is 2. The third kappa shape index (κ3) is 6.23. The van der Waals surface area contributed by atoms with Crippen molar-refractivity contribution >= 4 is 17.5 Å². The molecular weight excluding hydrogens is 385 g/mol. The Hall–Kier alpha value is -3.55. The van der Waals surface area contributed by atoms with Crippen molar-refractivity contribution in [2.45, 2.75) is 38.8 Å². The lowest BCUT2D eigenvalue weighted by atomic mass is 10.1. The second kappa shape index (κ2) is 10.3. The number of rotatable bonds is 9. The molecule has 2 aromatic carbocycles. The van der Waals surface area contributed by atoms with Crippen LogP contribution in [0.1, 0.15) is 36.9 Å². The van der Waals surface area contributed by atoms with Crippen molar-refractivity contribution in [1.29, 1.82) is 0 Å². The predicted molar refractivity (Wildman–Crippen MR) is 111 cm³/mol. The minimum atomic E-state index is -0.401. The van der Waals surface area contributed by atoms with Gasteiger partial charge in [0, 0.05) is 24.8 Å². The van der Waals surface area contributed by atoms with Crippen LogP contribution in [-0.4, -0.2) is 26.8 Å². The Kier molecular flexibility index (Phi) is 7.26. The minimum absolute atomic E-state index is 0.0467. The molecule has 1 unspecified atom stereocenters. The third-order valence-electron chi connectivity index (χ3n) is 4.62. The molecule has 0 aliphatic heterocycles. The topological polar surface area (TPSA) is 88.9 Å². The second-order valence-electron chi connectivity index (χ2n) is 7.00. The van der Waals surface area contributed by atoms with Crippen molar-refractivity contribution in [2.75, 3.05) is 5.32 Å². The van der Waals surface area contributed by atoms with E-state index in [1.165, 1.54) is 6.07 Å². The van der Waals surface area contributed by atoms with Crippen molar-refractivity contribution in [3.05, 3.63) is 77.9 Å². The molecular formula is C22H24FN5O2. The zero-order chi connectivity index (χ0) is 21.3. The van der Waals surface area contributed by atoms with Gasteiger partial charge in [0.15, 0.2) is 0 Å². The fourth-order valence-corrected chi connectivity index (χ4v) is 3.06. The van der Waals surface area contributed by atoms with Crippen molar-refractivity contribution in [3.8, 4) is 0 Å². The van der Waals surface area contributed by atoms with E-state index >= 15 is 0 Å². The number of carbonyl (C=O) groups is 2. The molecule has 2 amide bonds. The van der Waals surface area contributed by atoms with Gasteiger partial charge in [0.1, 0.15) is 5.82 Å². The Balaban J connectivity index is 1.50. The van der Waals surface area contributed by atoms with Crippen LogP contribution in [0, 0.1) is 5.82 Å². The highest BCUT2D eigenvalue weighted by Crippen LogP contribution is 2.18. The molecule has 1 aromatic heterocycles. The summed E-state index contributed by atoms with van der Waals surface area (Å²) in [4.78, 5) is 24.4. The standard InChI is InChI=1S/C22H24FN5O2/c1-16(25-21(29)10-5-12-28-13-11-24-27-28)17-7-4-8-19(14-17)26-22(30)15-18-6-2-3-9-20(18)23/h2-4,6-9,11,13-14,16H,5,10,12,15H2,1H3,(H,25,29)(H,26,30). The molecule has 0 aliphatic carbocycles. The first kappa shape index (κ1) is 21.2. The maximum atomic E-state index is 13.7. The molecule has 1 heterocycles. The van der Waals surface area contributed by atoms with Crippen LogP contribution >= 0.6 is 0 Å². The quantitative estimate of drug-likeness (QED) is 0.568. The molecule has 0 spiro atoms. The van der Waals surface area contributed by atoms with Crippen LogP contribution in [-0.2, 0) is 22.6 Å². The van der Waals surface area contributed by atoms with E-state index in [0.717, 1.165) is 5.56 Å². The van der Waals surface area contributed by atoms with Crippen LogP contribution in [0.4, 0.5) is 10.1 Å². The van der Waals surface area contributed by atoms with Gasteiger partial charge in [-0.25, -0.2) is 4.39 Å². The molecule has 0 saturated carbocycles. The maximum Gasteiger partial charge on any atom is 0.228 e. The number of halogens is 1. The van der Waals surface area contributed by atoms with E-state index in [-0.39, 0.29) is 24.3 Å². The van der Waals surface area contributed by atoms with E-state index in [1.807, 2.05) is 13.0 Å². The number of hydrogen-bond donors (Lipinski definition) is 2. The molecule has 3 rings (SSSR count). The normalized spacial score (nSPS) is 11.7. The zero-order valence-electron chi connectivity index (χ0n) is 16.7. The minimum Gasteiger partial charge on any atom is -0.350 e. The van der Waals surface area contributed by atoms with E-state index in [4.69, 9.17) is 0 Å². The number of benzene rings is 2. The van der Waals surface area contributed by atoms with Crippen LogP contribution in [0.2, 0.25) is 0 Å². The molecule has 1 atom stereocenters. The number of aromatic nitrogens is 3. The van der Waals surface area contributed by atoms with Crippen molar-refractivity contribution < 1.29 is 14.0 Å². The highest BCUT2D eigenvalue weighted by atomic mass is 19.1. The first-order chi connectivity index (χ1) is 14.5. The zero-order valence-corrected chi connectivity index (χ0v) is 16.7. The number of carbonyl (C=O) groups excluding carboxylic acids is 2. The van der Waals surface area contributed by atoms with Gasteiger partial charge in [-0.3, -0.25) is 14.3 Å². The van der Waals surface area contributed by atoms with Gasteiger partial charge in [-0.05, 0) is 42.7 Å². The highest BCUT2D eigenvalue weighted by Gasteiger charge is 2.12. The van der Waals surface area contributed by atoms with E-state index in [1.54, 1.807) is 53.5 Å². The Morgan fingerprint density at radius 3 is 2.73 bits per heavy atom. The molecule has 30 heavy (non-hydrogen) atoms. The Labute approximate surface area is 174 Å². The van der Waals surface area contributed by atoms with Crippen LogP contribution < -0.4 is 10.6 Å². The van der Waals surface area contributed by atoms with Gasteiger partial charge in [0.2, 0.25) is 11.8 Å².